The number of phenolic OH excluding ortho intramolecular Hbond substituents is 1. The number of hydrogen-bond acceptors (Lipinski definition) is 5. The van der Waals surface area contributed by atoms with E-state index in [2.05, 4.69) is 9.88 Å². The highest BCUT2D eigenvalue weighted by atomic mass is 35.5. The third kappa shape index (κ3) is 2.25. The van der Waals surface area contributed by atoms with Gasteiger partial charge in [0.05, 0.1) is 11.7 Å². The fourth-order valence-corrected chi connectivity index (χ4v) is 4.23. The molecule has 2 aliphatic heterocycles. The summed E-state index contributed by atoms with van der Waals surface area (Å²) in [6.45, 7) is 0.920. The maximum Gasteiger partial charge on any atom is 0.160 e. The van der Waals surface area contributed by atoms with Crippen LogP contribution in [0.25, 0.3) is 0 Å². The Hall–Kier alpha value is -1.72. The van der Waals surface area contributed by atoms with Gasteiger partial charge in [0.25, 0.3) is 0 Å². The summed E-state index contributed by atoms with van der Waals surface area (Å²) in [7, 11) is 0. The van der Waals surface area contributed by atoms with Gasteiger partial charge in [-0.2, -0.15) is 0 Å². The summed E-state index contributed by atoms with van der Waals surface area (Å²) in [5.74, 6) is 1.27. The van der Waals surface area contributed by atoms with Gasteiger partial charge in [0, 0.05) is 29.1 Å². The van der Waals surface area contributed by atoms with Crippen LogP contribution in [0.15, 0.2) is 47.6 Å². The molecule has 1 aromatic carbocycles. The molecule has 112 valence electrons. The summed E-state index contributed by atoms with van der Waals surface area (Å²) in [4.78, 5) is 11.5. The molecule has 1 fully saturated rings. The Bertz CT molecular complexity index is 737. The first kappa shape index (κ1) is 13.9. The van der Waals surface area contributed by atoms with E-state index in [9.17, 15) is 5.11 Å². The molecule has 1 aromatic heterocycles. The van der Waals surface area contributed by atoms with Crippen molar-refractivity contribution in [3.63, 3.8) is 0 Å². The van der Waals surface area contributed by atoms with E-state index in [0.29, 0.717) is 5.02 Å². The molecule has 1 N–H and O–H groups in total. The summed E-state index contributed by atoms with van der Waals surface area (Å²) in [5.41, 5.74) is 1.72. The molecule has 0 radical (unpaired) electrons. The number of phenols is 1. The molecule has 3 heterocycles. The number of halogens is 1. The number of aliphatic imine (C=N–C) groups is 1. The number of aromatic hydroxyl groups is 1. The number of pyridine rings is 1. The number of thioether (sulfide) groups is 1. The maximum absolute atomic E-state index is 10.3. The van der Waals surface area contributed by atoms with E-state index < -0.39 is 0 Å². The lowest BCUT2D eigenvalue weighted by Crippen LogP contribution is -2.27. The first-order valence-electron chi connectivity index (χ1n) is 7.10. The normalized spacial score (nSPS) is 23.5. The molecule has 6 heteroatoms. The SMILES string of the molecule is Oc1ccc(Cl)cc1[C@@H]1[C@@H](c2ccccn2)N=C2SCCN21. The molecule has 1 saturated heterocycles. The van der Waals surface area contributed by atoms with Crippen LogP contribution < -0.4 is 0 Å². The minimum atomic E-state index is -0.117. The van der Waals surface area contributed by atoms with Crippen molar-refractivity contribution in [2.24, 2.45) is 4.99 Å². The maximum atomic E-state index is 10.3. The average molecular weight is 332 g/mol. The molecule has 0 aliphatic carbocycles. The smallest absolute Gasteiger partial charge is 0.160 e. The van der Waals surface area contributed by atoms with Gasteiger partial charge < -0.3 is 10.0 Å². The van der Waals surface area contributed by atoms with Crippen LogP contribution >= 0.6 is 23.4 Å². The molecule has 4 nitrogen and oxygen atoms in total. The van der Waals surface area contributed by atoms with Crippen LogP contribution in [0.4, 0.5) is 0 Å². The second-order valence-corrected chi connectivity index (χ2v) is 6.80. The van der Waals surface area contributed by atoms with Gasteiger partial charge in [0.2, 0.25) is 0 Å². The topological polar surface area (TPSA) is 48.7 Å². The fraction of sp³-hybridized carbons (Fsp3) is 0.250. The lowest BCUT2D eigenvalue weighted by molar-refractivity contribution is 0.321. The molecule has 0 spiro atoms. The largest absolute Gasteiger partial charge is 0.508 e. The molecule has 0 amide bonds. The van der Waals surface area contributed by atoms with Gasteiger partial charge in [-0.15, -0.1) is 0 Å². The molecule has 0 saturated carbocycles. The Morgan fingerprint density at radius 3 is 3.00 bits per heavy atom. The minimum Gasteiger partial charge on any atom is -0.508 e. The zero-order valence-electron chi connectivity index (χ0n) is 11.7. The number of benzene rings is 1. The Morgan fingerprint density at radius 2 is 2.18 bits per heavy atom. The van der Waals surface area contributed by atoms with E-state index in [1.165, 1.54) is 0 Å². The van der Waals surface area contributed by atoms with Crippen molar-refractivity contribution in [1.82, 2.24) is 9.88 Å². The van der Waals surface area contributed by atoms with Gasteiger partial charge in [-0.3, -0.25) is 9.98 Å². The Morgan fingerprint density at radius 1 is 1.27 bits per heavy atom. The molecule has 4 rings (SSSR count). The van der Waals surface area contributed by atoms with Crippen molar-refractivity contribution in [3.05, 3.63) is 58.9 Å². The van der Waals surface area contributed by atoms with Crippen molar-refractivity contribution in [3.8, 4) is 5.75 Å². The number of amidine groups is 1. The van der Waals surface area contributed by atoms with Gasteiger partial charge >= 0.3 is 0 Å². The first-order chi connectivity index (χ1) is 10.7. The number of rotatable bonds is 2. The molecular formula is C16H14ClN3OS. The lowest BCUT2D eigenvalue weighted by atomic mass is 9.96. The summed E-state index contributed by atoms with van der Waals surface area (Å²) >= 11 is 7.90. The Kier molecular flexibility index (Phi) is 3.47. The first-order valence-corrected chi connectivity index (χ1v) is 8.47. The molecule has 22 heavy (non-hydrogen) atoms. The quantitative estimate of drug-likeness (QED) is 0.912. The molecular weight excluding hydrogens is 318 g/mol. The van der Waals surface area contributed by atoms with Crippen LogP contribution in [0.2, 0.25) is 5.02 Å². The summed E-state index contributed by atoms with van der Waals surface area (Å²) in [5, 5.41) is 12.0. The van der Waals surface area contributed by atoms with E-state index >= 15 is 0 Å². The van der Waals surface area contributed by atoms with Crippen molar-refractivity contribution in [1.29, 1.82) is 0 Å². The molecule has 2 atom stereocenters. The van der Waals surface area contributed by atoms with E-state index in [1.54, 1.807) is 30.1 Å². The van der Waals surface area contributed by atoms with Gasteiger partial charge in [-0.25, -0.2) is 0 Å². The van der Waals surface area contributed by atoms with Crippen LogP contribution in [-0.4, -0.2) is 32.5 Å². The highest BCUT2D eigenvalue weighted by molar-refractivity contribution is 8.14. The molecule has 2 aromatic rings. The molecule has 0 bridgehead atoms. The van der Waals surface area contributed by atoms with E-state index in [0.717, 1.165) is 28.7 Å². The van der Waals surface area contributed by atoms with Gasteiger partial charge in [0.15, 0.2) is 5.17 Å². The zero-order valence-corrected chi connectivity index (χ0v) is 13.3. The molecule has 2 aliphatic rings. The summed E-state index contributed by atoms with van der Waals surface area (Å²) in [6.07, 6.45) is 1.78. The number of hydrogen-bond donors (Lipinski definition) is 1. The van der Waals surface area contributed by atoms with Crippen LogP contribution in [0.3, 0.4) is 0 Å². The Balaban J connectivity index is 1.82. The fourth-order valence-electron chi connectivity index (χ4n) is 3.02. The highest BCUT2D eigenvalue weighted by Gasteiger charge is 2.42. The van der Waals surface area contributed by atoms with Crippen molar-refractivity contribution < 1.29 is 5.11 Å². The summed E-state index contributed by atoms with van der Waals surface area (Å²) < 4.78 is 0. The van der Waals surface area contributed by atoms with E-state index in [4.69, 9.17) is 16.6 Å². The number of nitrogens with zero attached hydrogens (tertiary/aromatic N) is 3. The second kappa shape index (κ2) is 5.48. The monoisotopic (exact) mass is 331 g/mol. The zero-order chi connectivity index (χ0) is 15.1. The van der Waals surface area contributed by atoms with Gasteiger partial charge in [-0.1, -0.05) is 29.4 Å². The van der Waals surface area contributed by atoms with Crippen LogP contribution in [0, 0.1) is 0 Å². The third-order valence-corrected chi connectivity index (χ3v) is 5.21. The number of fused-ring (bicyclic) bond motifs is 1. The summed E-state index contributed by atoms with van der Waals surface area (Å²) in [6, 6.07) is 10.9. The van der Waals surface area contributed by atoms with Crippen LogP contribution in [-0.2, 0) is 0 Å². The number of aromatic nitrogens is 1. The van der Waals surface area contributed by atoms with Crippen LogP contribution in [0.5, 0.6) is 5.75 Å². The predicted molar refractivity (Wildman–Crippen MR) is 89.4 cm³/mol. The van der Waals surface area contributed by atoms with Crippen LogP contribution in [0.1, 0.15) is 23.3 Å². The van der Waals surface area contributed by atoms with Crippen molar-refractivity contribution in [2.75, 3.05) is 12.3 Å². The lowest BCUT2D eigenvalue weighted by Gasteiger charge is -2.27. The van der Waals surface area contributed by atoms with Gasteiger partial charge in [-0.05, 0) is 30.3 Å². The van der Waals surface area contributed by atoms with Crippen molar-refractivity contribution in [2.45, 2.75) is 12.1 Å². The second-order valence-electron chi connectivity index (χ2n) is 5.30. The molecule has 0 unspecified atom stereocenters. The third-order valence-electron chi connectivity index (χ3n) is 3.99. The standard InChI is InChI=1S/C16H14ClN3OS/c17-10-4-5-13(21)11(9-10)15-14(12-3-1-2-6-18-12)19-16-20(15)7-8-22-16/h1-6,9,14-15,21H,7-8H2/t14-,15-/m1/s1. The highest BCUT2D eigenvalue weighted by Crippen LogP contribution is 2.48. The predicted octanol–water partition coefficient (Wildman–Crippen LogP) is 3.64. The minimum absolute atomic E-state index is 0.0569. The average Bonchev–Trinajstić information content (AvgIpc) is 3.11. The van der Waals surface area contributed by atoms with Gasteiger partial charge in [0.1, 0.15) is 11.8 Å². The van der Waals surface area contributed by atoms with E-state index in [1.807, 2.05) is 24.3 Å². The van der Waals surface area contributed by atoms with E-state index in [-0.39, 0.29) is 17.8 Å². The van der Waals surface area contributed by atoms with Crippen molar-refractivity contribution >= 4 is 28.5 Å². The Labute approximate surface area is 137 Å².